The normalized spacial score (nSPS) is 31.3. The second-order valence-corrected chi connectivity index (χ2v) is 8.99. The lowest BCUT2D eigenvalue weighted by Gasteiger charge is -2.70. The van der Waals surface area contributed by atoms with Gasteiger partial charge in [-0.15, -0.1) is 13.2 Å². The summed E-state index contributed by atoms with van der Waals surface area (Å²) in [6.45, 7) is 0.796. The fourth-order valence-electron chi connectivity index (χ4n) is 4.64. The van der Waals surface area contributed by atoms with Crippen LogP contribution in [0.15, 0.2) is 18.2 Å². The minimum absolute atomic E-state index is 0.0128. The zero-order valence-electron chi connectivity index (χ0n) is 16.6. The van der Waals surface area contributed by atoms with Gasteiger partial charge in [0.2, 0.25) is 0 Å². The van der Waals surface area contributed by atoms with E-state index in [1.165, 1.54) is 12.1 Å². The van der Waals surface area contributed by atoms with Gasteiger partial charge in [0.25, 0.3) is 5.91 Å². The molecule has 4 aliphatic rings. The van der Waals surface area contributed by atoms with Gasteiger partial charge in [-0.1, -0.05) is 11.6 Å². The summed E-state index contributed by atoms with van der Waals surface area (Å²) in [6, 6.07) is 3.99. The molecule has 5 rings (SSSR count). The summed E-state index contributed by atoms with van der Waals surface area (Å²) in [6.07, 6.45) is -2.68. The Balaban J connectivity index is 1.06. The zero-order chi connectivity index (χ0) is 22.3. The van der Waals surface area contributed by atoms with E-state index in [1.807, 2.05) is 0 Å². The maximum absolute atomic E-state index is 13.4. The van der Waals surface area contributed by atoms with Gasteiger partial charge in [-0.05, 0) is 31.4 Å². The molecule has 6 nitrogen and oxygen atoms in total. The average Bonchev–Trinajstić information content (AvgIpc) is 2.59. The standard InChI is InChI=1S/C20H23ClF4N2O4/c21-15-2-1-12(7-16(15)22)30-8-17(28)27-19-9-18(10-19,11-19)26-3-4-29-13-5-14(6-13)31-20(23,24)25/h1-2,7,13-14,26H,3-6,8-11H2,(H,27,28). The number of carbonyl (C=O) groups is 1. The molecule has 1 aromatic rings. The maximum Gasteiger partial charge on any atom is 0.522 e. The number of carbonyl (C=O) groups excluding carboxylic acids is 1. The second-order valence-electron chi connectivity index (χ2n) is 8.58. The van der Waals surface area contributed by atoms with Crippen LogP contribution < -0.4 is 15.4 Å². The first-order valence-corrected chi connectivity index (χ1v) is 10.4. The first-order chi connectivity index (χ1) is 14.6. The van der Waals surface area contributed by atoms with Crippen LogP contribution in [-0.4, -0.2) is 55.3 Å². The first kappa shape index (κ1) is 22.6. The van der Waals surface area contributed by atoms with Crippen LogP contribution in [0.5, 0.6) is 5.75 Å². The highest BCUT2D eigenvalue weighted by Crippen LogP contribution is 2.60. The highest BCUT2D eigenvalue weighted by Gasteiger charge is 2.68. The summed E-state index contributed by atoms with van der Waals surface area (Å²) in [5, 5.41) is 6.37. The highest BCUT2D eigenvalue weighted by atomic mass is 35.5. The Labute approximate surface area is 181 Å². The summed E-state index contributed by atoms with van der Waals surface area (Å²) in [5.41, 5.74) is -0.242. The molecule has 0 aromatic heterocycles. The molecule has 0 heterocycles. The Hall–Kier alpha value is -1.62. The lowest BCUT2D eigenvalue weighted by molar-refractivity contribution is -0.357. The molecule has 0 unspecified atom stereocenters. The number of hydrogen-bond donors (Lipinski definition) is 2. The molecule has 11 heteroatoms. The predicted molar refractivity (Wildman–Crippen MR) is 102 cm³/mol. The lowest BCUT2D eigenvalue weighted by Crippen LogP contribution is -2.83. The quantitative estimate of drug-likeness (QED) is 0.409. The zero-order valence-corrected chi connectivity index (χ0v) is 17.3. The third kappa shape index (κ3) is 5.42. The molecule has 4 aliphatic carbocycles. The van der Waals surface area contributed by atoms with Crippen molar-refractivity contribution in [3.05, 3.63) is 29.0 Å². The molecule has 4 saturated carbocycles. The van der Waals surface area contributed by atoms with Gasteiger partial charge in [-0.3, -0.25) is 9.53 Å². The number of alkyl halides is 3. The van der Waals surface area contributed by atoms with E-state index in [-0.39, 0.29) is 53.3 Å². The molecule has 172 valence electrons. The molecular formula is C20H23ClF4N2O4. The Morgan fingerprint density at radius 3 is 2.52 bits per heavy atom. The molecule has 1 amide bonds. The summed E-state index contributed by atoms with van der Waals surface area (Å²) in [7, 11) is 0. The van der Waals surface area contributed by atoms with Crippen molar-refractivity contribution >= 4 is 17.5 Å². The monoisotopic (exact) mass is 466 g/mol. The summed E-state index contributed by atoms with van der Waals surface area (Å²) < 4.78 is 64.4. The van der Waals surface area contributed by atoms with E-state index in [0.717, 1.165) is 25.3 Å². The van der Waals surface area contributed by atoms with Gasteiger partial charge >= 0.3 is 6.36 Å². The highest BCUT2D eigenvalue weighted by molar-refractivity contribution is 6.30. The van der Waals surface area contributed by atoms with Crippen LogP contribution in [0.3, 0.4) is 0 Å². The molecule has 0 spiro atoms. The number of nitrogens with one attached hydrogen (secondary N) is 2. The van der Waals surface area contributed by atoms with Crippen LogP contribution in [0, 0.1) is 5.82 Å². The molecule has 0 radical (unpaired) electrons. The van der Waals surface area contributed by atoms with Gasteiger partial charge in [-0.25, -0.2) is 4.39 Å². The molecule has 2 bridgehead atoms. The third-order valence-electron chi connectivity index (χ3n) is 6.00. The summed E-state index contributed by atoms with van der Waals surface area (Å²) >= 11 is 5.61. The number of halogens is 5. The molecule has 1 aromatic carbocycles. The minimum atomic E-state index is -4.59. The Bertz CT molecular complexity index is 812. The van der Waals surface area contributed by atoms with Crippen LogP contribution in [0.1, 0.15) is 32.1 Å². The number of ether oxygens (including phenoxy) is 3. The van der Waals surface area contributed by atoms with Gasteiger partial charge in [0, 0.05) is 36.5 Å². The first-order valence-electron chi connectivity index (χ1n) is 10.1. The average molecular weight is 467 g/mol. The van der Waals surface area contributed by atoms with Crippen LogP contribution in [0.25, 0.3) is 0 Å². The van der Waals surface area contributed by atoms with E-state index in [4.69, 9.17) is 21.1 Å². The predicted octanol–water partition coefficient (Wildman–Crippen LogP) is 3.32. The van der Waals surface area contributed by atoms with Crippen molar-refractivity contribution in [3.8, 4) is 5.75 Å². The van der Waals surface area contributed by atoms with Crippen molar-refractivity contribution in [3.63, 3.8) is 0 Å². The molecule has 4 fully saturated rings. The molecule has 31 heavy (non-hydrogen) atoms. The van der Waals surface area contributed by atoms with Gasteiger partial charge in [-0.2, -0.15) is 0 Å². The van der Waals surface area contributed by atoms with E-state index in [1.54, 1.807) is 0 Å². The number of hydrogen-bond acceptors (Lipinski definition) is 5. The van der Waals surface area contributed by atoms with Crippen molar-refractivity contribution in [2.45, 2.75) is 61.8 Å². The largest absolute Gasteiger partial charge is 0.522 e. The molecule has 0 atom stereocenters. The number of benzene rings is 1. The summed E-state index contributed by atoms with van der Waals surface area (Å²) in [5.74, 6) is -0.647. The molecule has 2 N–H and O–H groups in total. The van der Waals surface area contributed by atoms with Crippen molar-refractivity contribution in [2.75, 3.05) is 19.8 Å². The van der Waals surface area contributed by atoms with E-state index in [0.29, 0.717) is 13.2 Å². The Morgan fingerprint density at radius 2 is 1.87 bits per heavy atom. The summed E-state index contributed by atoms with van der Waals surface area (Å²) in [4.78, 5) is 12.1. The molecular weight excluding hydrogens is 444 g/mol. The SMILES string of the molecule is O=C(COc1ccc(Cl)c(F)c1)NC12CC(NCCOC3CC(OC(F)(F)F)C3)(C1)C2. The van der Waals surface area contributed by atoms with Gasteiger partial charge < -0.3 is 20.1 Å². The van der Waals surface area contributed by atoms with Gasteiger partial charge in [0.15, 0.2) is 6.61 Å². The van der Waals surface area contributed by atoms with E-state index >= 15 is 0 Å². The second kappa shape index (κ2) is 8.38. The minimum Gasteiger partial charge on any atom is -0.484 e. The van der Waals surface area contributed by atoms with Crippen molar-refractivity contribution in [1.82, 2.24) is 10.6 Å². The van der Waals surface area contributed by atoms with Gasteiger partial charge in [0.1, 0.15) is 11.6 Å². The van der Waals surface area contributed by atoms with Crippen molar-refractivity contribution in [1.29, 1.82) is 0 Å². The number of rotatable bonds is 10. The van der Waals surface area contributed by atoms with Crippen molar-refractivity contribution < 1.29 is 36.6 Å². The third-order valence-corrected chi connectivity index (χ3v) is 6.31. The Kier molecular flexibility index (Phi) is 6.10. The topological polar surface area (TPSA) is 68.8 Å². The van der Waals surface area contributed by atoms with Crippen LogP contribution in [0.2, 0.25) is 5.02 Å². The van der Waals surface area contributed by atoms with E-state index in [2.05, 4.69) is 15.4 Å². The fraction of sp³-hybridized carbons (Fsp3) is 0.650. The molecule has 0 saturated heterocycles. The van der Waals surface area contributed by atoms with Crippen LogP contribution in [-0.2, 0) is 14.3 Å². The van der Waals surface area contributed by atoms with E-state index < -0.39 is 18.3 Å². The van der Waals surface area contributed by atoms with E-state index in [9.17, 15) is 22.4 Å². The van der Waals surface area contributed by atoms with Crippen LogP contribution in [0.4, 0.5) is 17.6 Å². The van der Waals surface area contributed by atoms with Crippen LogP contribution >= 0.6 is 11.6 Å². The molecule has 0 aliphatic heterocycles. The van der Waals surface area contributed by atoms with Crippen molar-refractivity contribution in [2.24, 2.45) is 0 Å². The van der Waals surface area contributed by atoms with Gasteiger partial charge in [0.05, 0.1) is 23.8 Å². The smallest absolute Gasteiger partial charge is 0.484 e. The number of amides is 1. The maximum atomic E-state index is 13.4. The fourth-order valence-corrected chi connectivity index (χ4v) is 4.75. The lowest BCUT2D eigenvalue weighted by atomic mass is 9.44. The Morgan fingerprint density at radius 1 is 1.16 bits per heavy atom.